The highest BCUT2D eigenvalue weighted by Gasteiger charge is 2.19. The first kappa shape index (κ1) is 16.0. The van der Waals surface area contributed by atoms with Crippen molar-refractivity contribution in [1.82, 2.24) is 5.48 Å². The van der Waals surface area contributed by atoms with Gasteiger partial charge in [-0.05, 0) is 24.3 Å². The molecule has 0 spiro atoms. The number of aliphatic imine (C=N–C) groups is 1. The minimum atomic E-state index is -0.222. The number of rotatable bonds is 5. The number of methoxy groups -OCH3 is 1. The van der Waals surface area contributed by atoms with Crippen LogP contribution in [0.5, 0.6) is 5.75 Å². The number of amidine groups is 1. The number of amides is 1. The second-order valence-electron chi connectivity index (χ2n) is 5.39. The van der Waals surface area contributed by atoms with Gasteiger partial charge in [0.25, 0.3) is 0 Å². The summed E-state index contributed by atoms with van der Waals surface area (Å²) in [5.41, 5.74) is 4.46. The number of hydrogen-bond acceptors (Lipinski definition) is 5. The van der Waals surface area contributed by atoms with Crippen molar-refractivity contribution in [2.75, 3.05) is 19.0 Å². The molecule has 2 aromatic carbocycles. The van der Waals surface area contributed by atoms with Gasteiger partial charge < -0.3 is 10.1 Å². The van der Waals surface area contributed by atoms with E-state index in [0.29, 0.717) is 12.4 Å². The van der Waals surface area contributed by atoms with Crippen LogP contribution in [0.4, 0.5) is 5.69 Å². The van der Waals surface area contributed by atoms with E-state index in [1.807, 2.05) is 30.3 Å². The summed E-state index contributed by atoms with van der Waals surface area (Å²) in [6.45, 7) is 0.354. The smallest absolute Gasteiger partial charge is 0.226 e. The van der Waals surface area contributed by atoms with Gasteiger partial charge in [-0.1, -0.05) is 30.3 Å². The lowest BCUT2D eigenvalue weighted by atomic mass is 10.1. The zero-order chi connectivity index (χ0) is 16.8. The van der Waals surface area contributed by atoms with Crippen molar-refractivity contribution in [2.45, 2.75) is 12.5 Å². The second kappa shape index (κ2) is 7.61. The van der Waals surface area contributed by atoms with Crippen LogP contribution in [-0.4, -0.2) is 31.5 Å². The van der Waals surface area contributed by atoms with Crippen molar-refractivity contribution < 1.29 is 14.4 Å². The summed E-state index contributed by atoms with van der Waals surface area (Å²) in [5, 5.41) is 2.86. The molecule has 0 fully saturated rings. The minimum absolute atomic E-state index is 0.105. The quantitative estimate of drug-likeness (QED) is 0.885. The Bertz CT molecular complexity index is 714. The molecule has 3 rings (SSSR count). The molecule has 1 aliphatic rings. The molecule has 1 amide bonds. The number of benzene rings is 2. The molecule has 1 heterocycles. The normalized spacial score (nSPS) is 16.7. The highest BCUT2D eigenvalue weighted by Crippen LogP contribution is 2.16. The van der Waals surface area contributed by atoms with Crippen LogP contribution < -0.4 is 15.5 Å². The Morgan fingerprint density at radius 2 is 2.00 bits per heavy atom. The maximum atomic E-state index is 12.2. The van der Waals surface area contributed by atoms with Gasteiger partial charge >= 0.3 is 0 Å². The van der Waals surface area contributed by atoms with E-state index in [1.54, 1.807) is 31.4 Å². The number of hydrogen-bond donors (Lipinski definition) is 2. The highest BCUT2D eigenvalue weighted by atomic mass is 16.6. The standard InChI is InChI=1S/C18H19N3O3/c1-23-16-9-7-14(8-10-16)19-17(22)11-15-12-24-21-18(20-15)13-5-3-2-4-6-13/h2-10,15H,11-12H2,1H3,(H,19,22)(H,20,21). The van der Waals surface area contributed by atoms with E-state index >= 15 is 0 Å². The number of anilines is 1. The predicted octanol–water partition coefficient (Wildman–Crippen LogP) is 2.37. The zero-order valence-electron chi connectivity index (χ0n) is 13.4. The average molecular weight is 325 g/mol. The van der Waals surface area contributed by atoms with Gasteiger partial charge in [0.1, 0.15) is 5.75 Å². The summed E-state index contributed by atoms with van der Waals surface area (Å²) < 4.78 is 5.10. The molecule has 1 atom stereocenters. The third-order valence-corrected chi connectivity index (χ3v) is 3.60. The topological polar surface area (TPSA) is 72.0 Å². The summed E-state index contributed by atoms with van der Waals surface area (Å²) in [6.07, 6.45) is 0.254. The van der Waals surface area contributed by atoms with E-state index in [2.05, 4.69) is 15.8 Å². The van der Waals surface area contributed by atoms with Crippen LogP contribution in [-0.2, 0) is 9.63 Å². The van der Waals surface area contributed by atoms with Gasteiger partial charge in [-0.25, -0.2) is 5.48 Å². The van der Waals surface area contributed by atoms with Crippen LogP contribution in [0.15, 0.2) is 59.6 Å². The van der Waals surface area contributed by atoms with E-state index < -0.39 is 0 Å². The van der Waals surface area contributed by atoms with Crippen LogP contribution in [0.25, 0.3) is 0 Å². The molecule has 6 nitrogen and oxygen atoms in total. The maximum Gasteiger partial charge on any atom is 0.226 e. The van der Waals surface area contributed by atoms with Crippen molar-refractivity contribution in [3.63, 3.8) is 0 Å². The minimum Gasteiger partial charge on any atom is -0.497 e. The maximum absolute atomic E-state index is 12.2. The second-order valence-corrected chi connectivity index (χ2v) is 5.39. The highest BCUT2D eigenvalue weighted by molar-refractivity contribution is 5.99. The largest absolute Gasteiger partial charge is 0.497 e. The number of carbonyl (C=O) groups excluding carboxylic acids is 1. The molecule has 0 saturated heterocycles. The molecule has 0 saturated carbocycles. The van der Waals surface area contributed by atoms with Gasteiger partial charge in [-0.2, -0.15) is 0 Å². The SMILES string of the molecule is COc1ccc(NC(=O)CC2CONC(c3ccccc3)=N2)cc1. The van der Waals surface area contributed by atoms with Crippen LogP contribution in [0.1, 0.15) is 12.0 Å². The molecule has 24 heavy (non-hydrogen) atoms. The Morgan fingerprint density at radius 3 is 2.71 bits per heavy atom. The summed E-state index contributed by atoms with van der Waals surface area (Å²) in [4.78, 5) is 22.1. The van der Waals surface area contributed by atoms with Gasteiger partial charge in [0.05, 0.1) is 26.2 Å². The fraction of sp³-hybridized carbons (Fsp3) is 0.222. The van der Waals surface area contributed by atoms with Crippen LogP contribution in [0.3, 0.4) is 0 Å². The van der Waals surface area contributed by atoms with Gasteiger partial charge in [-0.15, -0.1) is 0 Å². The van der Waals surface area contributed by atoms with Crippen molar-refractivity contribution >= 4 is 17.4 Å². The first-order valence-electron chi connectivity index (χ1n) is 7.69. The van der Waals surface area contributed by atoms with Gasteiger partial charge in [-0.3, -0.25) is 14.6 Å². The Morgan fingerprint density at radius 1 is 1.25 bits per heavy atom. The molecular weight excluding hydrogens is 306 g/mol. The summed E-state index contributed by atoms with van der Waals surface area (Å²) in [6, 6.07) is 16.7. The Kier molecular flexibility index (Phi) is 5.08. The first-order valence-corrected chi connectivity index (χ1v) is 7.69. The lowest BCUT2D eigenvalue weighted by Crippen LogP contribution is -2.37. The Labute approximate surface area is 140 Å². The lowest BCUT2D eigenvalue weighted by Gasteiger charge is -2.21. The fourth-order valence-electron chi connectivity index (χ4n) is 2.39. The molecule has 1 unspecified atom stereocenters. The molecular formula is C18H19N3O3. The Hall–Kier alpha value is -2.86. The summed E-state index contributed by atoms with van der Waals surface area (Å²) in [5.74, 6) is 1.28. The van der Waals surface area contributed by atoms with Crippen molar-refractivity contribution in [3.05, 3.63) is 60.2 Å². The third-order valence-electron chi connectivity index (χ3n) is 3.60. The molecule has 1 aliphatic heterocycles. The van der Waals surface area contributed by atoms with E-state index in [0.717, 1.165) is 17.0 Å². The molecule has 6 heteroatoms. The van der Waals surface area contributed by atoms with Gasteiger partial charge in [0.15, 0.2) is 5.84 Å². The molecule has 2 aromatic rings. The van der Waals surface area contributed by atoms with Gasteiger partial charge in [0, 0.05) is 11.3 Å². The van der Waals surface area contributed by atoms with Gasteiger partial charge in [0.2, 0.25) is 5.91 Å². The van der Waals surface area contributed by atoms with Crippen molar-refractivity contribution in [3.8, 4) is 5.75 Å². The van der Waals surface area contributed by atoms with E-state index in [4.69, 9.17) is 9.57 Å². The summed E-state index contributed by atoms with van der Waals surface area (Å²) >= 11 is 0. The molecule has 0 radical (unpaired) electrons. The van der Waals surface area contributed by atoms with Crippen LogP contribution >= 0.6 is 0 Å². The number of nitrogens with zero attached hydrogens (tertiary/aromatic N) is 1. The molecule has 0 aliphatic carbocycles. The van der Waals surface area contributed by atoms with E-state index in [1.165, 1.54) is 0 Å². The molecule has 124 valence electrons. The summed E-state index contributed by atoms with van der Waals surface area (Å²) in [7, 11) is 1.60. The molecule has 0 bridgehead atoms. The lowest BCUT2D eigenvalue weighted by molar-refractivity contribution is -0.117. The van der Waals surface area contributed by atoms with Crippen molar-refractivity contribution in [1.29, 1.82) is 0 Å². The number of nitrogens with one attached hydrogen (secondary N) is 2. The van der Waals surface area contributed by atoms with Crippen LogP contribution in [0.2, 0.25) is 0 Å². The fourth-order valence-corrected chi connectivity index (χ4v) is 2.39. The van der Waals surface area contributed by atoms with E-state index in [9.17, 15) is 4.79 Å². The number of hydroxylamine groups is 1. The Balaban J connectivity index is 1.61. The predicted molar refractivity (Wildman–Crippen MR) is 92.1 cm³/mol. The van der Waals surface area contributed by atoms with Crippen LogP contribution in [0, 0.1) is 0 Å². The monoisotopic (exact) mass is 325 g/mol. The van der Waals surface area contributed by atoms with Crippen molar-refractivity contribution in [2.24, 2.45) is 4.99 Å². The number of ether oxygens (including phenoxy) is 1. The third kappa shape index (κ3) is 4.11. The zero-order valence-corrected chi connectivity index (χ0v) is 13.4. The number of carbonyl (C=O) groups is 1. The molecule has 2 N–H and O–H groups in total. The molecule has 0 aromatic heterocycles. The first-order chi connectivity index (χ1) is 11.7. The van der Waals surface area contributed by atoms with E-state index in [-0.39, 0.29) is 18.4 Å². The average Bonchev–Trinajstić information content (AvgIpc) is 2.63.